The summed E-state index contributed by atoms with van der Waals surface area (Å²) < 4.78 is 15.7. The Balaban J connectivity index is 2.42. The molecule has 0 aliphatic carbocycles. The summed E-state index contributed by atoms with van der Waals surface area (Å²) in [6.45, 7) is 6.31. The maximum Gasteiger partial charge on any atom is 0.226 e. The van der Waals surface area contributed by atoms with Crippen LogP contribution >= 0.6 is 0 Å². The number of methoxy groups -OCH3 is 1. The maximum absolute atomic E-state index is 5.90. The zero-order valence-electron chi connectivity index (χ0n) is 11.5. The number of nitrogens with zero attached hydrogens (tertiary/aromatic N) is 2. The molecule has 0 aromatic carbocycles. The molecule has 2 N–H and O–H groups in total. The van der Waals surface area contributed by atoms with E-state index in [0.717, 1.165) is 6.42 Å². The molecule has 0 saturated heterocycles. The molecule has 1 rings (SSSR count). The van der Waals surface area contributed by atoms with Crippen molar-refractivity contribution < 1.29 is 14.0 Å². The molecule has 1 aromatic rings. The van der Waals surface area contributed by atoms with Gasteiger partial charge in [-0.25, -0.2) is 0 Å². The maximum atomic E-state index is 5.90. The molecule has 1 aromatic heterocycles. The first kappa shape index (κ1) is 15.1. The van der Waals surface area contributed by atoms with Crippen molar-refractivity contribution in [3.05, 3.63) is 11.7 Å². The van der Waals surface area contributed by atoms with E-state index in [1.807, 2.05) is 20.8 Å². The van der Waals surface area contributed by atoms with Crippen molar-refractivity contribution in [3.8, 4) is 0 Å². The molecule has 0 fully saturated rings. The summed E-state index contributed by atoms with van der Waals surface area (Å²) in [6.07, 6.45) is 1.86. The van der Waals surface area contributed by atoms with Gasteiger partial charge in [-0.15, -0.1) is 0 Å². The van der Waals surface area contributed by atoms with E-state index in [1.165, 1.54) is 0 Å². The molecule has 6 nitrogen and oxygen atoms in total. The molecule has 0 bridgehead atoms. The fourth-order valence-corrected chi connectivity index (χ4v) is 1.34. The number of rotatable bonds is 8. The number of aryl methyl sites for hydroxylation is 1. The average molecular weight is 257 g/mol. The van der Waals surface area contributed by atoms with E-state index in [4.69, 9.17) is 19.7 Å². The minimum atomic E-state index is -0.343. The zero-order chi connectivity index (χ0) is 13.5. The standard InChI is InChI=1S/C12H23N3O3/c1-8(2)17-7-10(13)12-14-11(18-15-12)6-5-9(3)16-4/h8-10H,5-7,13H2,1-4H3. The van der Waals surface area contributed by atoms with E-state index >= 15 is 0 Å². The monoisotopic (exact) mass is 257 g/mol. The van der Waals surface area contributed by atoms with Crippen LogP contribution in [0.4, 0.5) is 0 Å². The minimum Gasteiger partial charge on any atom is -0.382 e. The molecule has 0 aliphatic heterocycles. The van der Waals surface area contributed by atoms with E-state index in [9.17, 15) is 0 Å². The van der Waals surface area contributed by atoms with Crippen LogP contribution < -0.4 is 5.73 Å². The number of aromatic nitrogens is 2. The molecule has 0 aliphatic rings. The van der Waals surface area contributed by atoms with Crippen molar-refractivity contribution >= 4 is 0 Å². The Kier molecular flexibility index (Phi) is 6.24. The van der Waals surface area contributed by atoms with Crippen LogP contribution in [-0.4, -0.2) is 36.1 Å². The van der Waals surface area contributed by atoms with Gasteiger partial charge in [-0.2, -0.15) is 4.98 Å². The number of hydrogen-bond acceptors (Lipinski definition) is 6. The lowest BCUT2D eigenvalue weighted by atomic mass is 10.2. The number of nitrogens with two attached hydrogens (primary N) is 1. The first-order chi connectivity index (χ1) is 8.52. The molecule has 2 unspecified atom stereocenters. The van der Waals surface area contributed by atoms with Gasteiger partial charge in [0.25, 0.3) is 0 Å². The van der Waals surface area contributed by atoms with Gasteiger partial charge in [-0.1, -0.05) is 5.16 Å². The minimum absolute atomic E-state index is 0.143. The van der Waals surface area contributed by atoms with Crippen LogP contribution in [0.3, 0.4) is 0 Å². The van der Waals surface area contributed by atoms with Crippen molar-refractivity contribution in [2.24, 2.45) is 5.73 Å². The fourth-order valence-electron chi connectivity index (χ4n) is 1.34. The average Bonchev–Trinajstić information content (AvgIpc) is 2.81. The second-order valence-corrected chi connectivity index (χ2v) is 4.62. The van der Waals surface area contributed by atoms with Crippen LogP contribution in [0.15, 0.2) is 4.52 Å². The van der Waals surface area contributed by atoms with Crippen LogP contribution in [0, 0.1) is 0 Å². The number of hydrogen-bond donors (Lipinski definition) is 1. The summed E-state index contributed by atoms with van der Waals surface area (Å²) >= 11 is 0. The van der Waals surface area contributed by atoms with E-state index in [2.05, 4.69) is 10.1 Å². The van der Waals surface area contributed by atoms with Gasteiger partial charge in [0.05, 0.1) is 24.9 Å². The van der Waals surface area contributed by atoms with Gasteiger partial charge in [0.1, 0.15) is 0 Å². The van der Waals surface area contributed by atoms with E-state index in [-0.39, 0.29) is 18.2 Å². The first-order valence-electron chi connectivity index (χ1n) is 6.25. The summed E-state index contributed by atoms with van der Waals surface area (Å²) in [5, 5.41) is 3.87. The zero-order valence-corrected chi connectivity index (χ0v) is 11.5. The van der Waals surface area contributed by atoms with Crippen molar-refractivity contribution in [1.29, 1.82) is 0 Å². The van der Waals surface area contributed by atoms with Gasteiger partial charge in [-0.05, 0) is 27.2 Å². The van der Waals surface area contributed by atoms with Crippen LogP contribution in [0.1, 0.15) is 44.9 Å². The molecule has 2 atom stereocenters. The third-order valence-corrected chi connectivity index (χ3v) is 2.59. The van der Waals surface area contributed by atoms with Crippen molar-refractivity contribution in [2.45, 2.75) is 51.9 Å². The largest absolute Gasteiger partial charge is 0.382 e. The second kappa shape index (κ2) is 7.45. The predicted molar refractivity (Wildman–Crippen MR) is 67.1 cm³/mol. The SMILES string of the molecule is COC(C)CCc1nc(C(N)COC(C)C)no1. The van der Waals surface area contributed by atoms with Crippen LogP contribution in [-0.2, 0) is 15.9 Å². The lowest BCUT2D eigenvalue weighted by Crippen LogP contribution is -2.20. The molecule has 6 heteroatoms. The Bertz CT molecular complexity index is 341. The van der Waals surface area contributed by atoms with Crippen LogP contribution in [0.25, 0.3) is 0 Å². The quantitative estimate of drug-likeness (QED) is 0.759. The molecule has 1 heterocycles. The normalized spacial score (nSPS) is 15.0. The highest BCUT2D eigenvalue weighted by molar-refractivity contribution is 4.93. The van der Waals surface area contributed by atoms with Crippen molar-refractivity contribution in [3.63, 3.8) is 0 Å². The summed E-state index contributed by atoms with van der Waals surface area (Å²) in [5.74, 6) is 1.09. The molecule has 0 spiro atoms. The van der Waals surface area contributed by atoms with E-state index < -0.39 is 0 Å². The fraction of sp³-hybridized carbons (Fsp3) is 0.833. The van der Waals surface area contributed by atoms with E-state index in [0.29, 0.717) is 24.7 Å². The summed E-state index contributed by atoms with van der Waals surface area (Å²) in [5.41, 5.74) is 5.90. The molecule has 0 amide bonds. The Labute approximate surface area is 108 Å². The molecular formula is C12H23N3O3. The van der Waals surface area contributed by atoms with Crippen molar-refractivity contribution in [1.82, 2.24) is 10.1 Å². The second-order valence-electron chi connectivity index (χ2n) is 4.62. The predicted octanol–water partition coefficient (Wildman–Crippen LogP) is 1.46. The van der Waals surface area contributed by atoms with Gasteiger partial charge >= 0.3 is 0 Å². The van der Waals surface area contributed by atoms with Crippen LogP contribution in [0.5, 0.6) is 0 Å². The van der Waals surface area contributed by atoms with Gasteiger partial charge in [0.2, 0.25) is 5.89 Å². The summed E-state index contributed by atoms with van der Waals surface area (Å²) in [7, 11) is 1.68. The highest BCUT2D eigenvalue weighted by Gasteiger charge is 2.15. The first-order valence-corrected chi connectivity index (χ1v) is 6.25. The Morgan fingerprint density at radius 2 is 2.06 bits per heavy atom. The Morgan fingerprint density at radius 3 is 2.67 bits per heavy atom. The molecule has 0 saturated carbocycles. The topological polar surface area (TPSA) is 83.4 Å². The third-order valence-electron chi connectivity index (χ3n) is 2.59. The highest BCUT2D eigenvalue weighted by Crippen LogP contribution is 2.10. The Hall–Kier alpha value is -0.980. The molecular weight excluding hydrogens is 234 g/mol. The summed E-state index contributed by atoms with van der Waals surface area (Å²) in [4.78, 5) is 4.26. The molecule has 0 radical (unpaired) electrons. The Morgan fingerprint density at radius 1 is 1.33 bits per heavy atom. The van der Waals surface area contributed by atoms with Gasteiger partial charge in [-0.3, -0.25) is 0 Å². The summed E-state index contributed by atoms with van der Waals surface area (Å²) in [6, 6.07) is -0.343. The number of ether oxygens (including phenoxy) is 2. The molecule has 18 heavy (non-hydrogen) atoms. The molecule has 104 valence electrons. The van der Waals surface area contributed by atoms with Gasteiger partial charge < -0.3 is 19.7 Å². The lowest BCUT2D eigenvalue weighted by molar-refractivity contribution is 0.0665. The highest BCUT2D eigenvalue weighted by atomic mass is 16.5. The lowest BCUT2D eigenvalue weighted by Gasteiger charge is -2.10. The smallest absolute Gasteiger partial charge is 0.226 e. The van der Waals surface area contributed by atoms with E-state index in [1.54, 1.807) is 7.11 Å². The third kappa shape index (κ3) is 5.12. The van der Waals surface area contributed by atoms with Gasteiger partial charge in [0.15, 0.2) is 5.82 Å². The van der Waals surface area contributed by atoms with Gasteiger partial charge in [0, 0.05) is 13.5 Å². The van der Waals surface area contributed by atoms with Crippen LogP contribution in [0.2, 0.25) is 0 Å². The van der Waals surface area contributed by atoms with Crippen molar-refractivity contribution in [2.75, 3.05) is 13.7 Å².